The molecule has 0 spiro atoms. The van der Waals surface area contributed by atoms with Crippen LogP contribution in [0.3, 0.4) is 0 Å². The van der Waals surface area contributed by atoms with Crippen LogP contribution in [-0.2, 0) is 9.59 Å². The van der Waals surface area contributed by atoms with E-state index in [1.165, 1.54) is 4.90 Å². The molecule has 2 aliphatic heterocycles. The standard InChI is InChI=1S/C15H25N5O2/c1-4-7-16-15(17-10-14(22)18(2)3)19-8-9-20-12(11-19)5-6-13(20)21/h4,12H,1,5-11H2,2-3H3,(H,16,17). The Balaban J connectivity index is 2.02. The summed E-state index contributed by atoms with van der Waals surface area (Å²) in [4.78, 5) is 33.5. The number of aliphatic imine (C=N–C) groups is 1. The summed E-state index contributed by atoms with van der Waals surface area (Å²) in [5.74, 6) is 0.937. The van der Waals surface area contributed by atoms with Gasteiger partial charge in [0.15, 0.2) is 5.96 Å². The number of piperazine rings is 1. The van der Waals surface area contributed by atoms with Gasteiger partial charge in [-0.15, -0.1) is 6.58 Å². The van der Waals surface area contributed by atoms with E-state index >= 15 is 0 Å². The summed E-state index contributed by atoms with van der Waals surface area (Å²) in [6.07, 6.45) is 3.31. The molecule has 2 rings (SSSR count). The first-order chi connectivity index (χ1) is 10.5. The fourth-order valence-electron chi connectivity index (χ4n) is 2.77. The van der Waals surface area contributed by atoms with Crippen LogP contribution in [0.25, 0.3) is 0 Å². The van der Waals surface area contributed by atoms with Gasteiger partial charge in [0.05, 0.1) is 0 Å². The number of carbonyl (C=O) groups is 2. The molecule has 2 heterocycles. The molecule has 0 aromatic carbocycles. The van der Waals surface area contributed by atoms with Gasteiger partial charge in [-0.3, -0.25) is 9.59 Å². The number of likely N-dealkylation sites (N-methyl/N-ethyl adjacent to an activating group) is 1. The number of guanidine groups is 1. The Morgan fingerprint density at radius 3 is 2.95 bits per heavy atom. The van der Waals surface area contributed by atoms with Gasteiger partial charge in [0.2, 0.25) is 11.8 Å². The Hall–Kier alpha value is -2.05. The van der Waals surface area contributed by atoms with Crippen molar-refractivity contribution in [3.63, 3.8) is 0 Å². The average Bonchev–Trinajstić information content (AvgIpc) is 2.87. The van der Waals surface area contributed by atoms with Gasteiger partial charge in [0.25, 0.3) is 0 Å². The minimum atomic E-state index is -0.0346. The van der Waals surface area contributed by atoms with Crippen LogP contribution in [0.4, 0.5) is 0 Å². The summed E-state index contributed by atoms with van der Waals surface area (Å²) in [5, 5.41) is 3.21. The quantitative estimate of drug-likeness (QED) is 0.432. The molecule has 1 atom stereocenters. The Bertz CT molecular complexity index is 475. The zero-order chi connectivity index (χ0) is 16.1. The van der Waals surface area contributed by atoms with Crippen molar-refractivity contribution in [3.8, 4) is 0 Å². The number of hydrogen-bond donors (Lipinski definition) is 1. The van der Waals surface area contributed by atoms with Gasteiger partial charge in [-0.1, -0.05) is 6.08 Å². The lowest BCUT2D eigenvalue weighted by Crippen LogP contribution is -2.56. The fraction of sp³-hybridized carbons (Fsp3) is 0.667. The molecule has 2 aliphatic rings. The first-order valence-electron chi connectivity index (χ1n) is 7.66. The topological polar surface area (TPSA) is 68.2 Å². The van der Waals surface area contributed by atoms with Gasteiger partial charge < -0.3 is 20.0 Å². The molecule has 7 nitrogen and oxygen atoms in total. The maximum atomic E-state index is 11.7. The first kappa shape index (κ1) is 16.3. The van der Waals surface area contributed by atoms with Crippen molar-refractivity contribution in [2.24, 2.45) is 4.99 Å². The second kappa shape index (κ2) is 7.29. The molecule has 0 saturated carbocycles. The van der Waals surface area contributed by atoms with Crippen molar-refractivity contribution >= 4 is 17.8 Å². The molecule has 22 heavy (non-hydrogen) atoms. The van der Waals surface area contributed by atoms with Crippen LogP contribution < -0.4 is 5.32 Å². The van der Waals surface area contributed by atoms with Crippen molar-refractivity contribution < 1.29 is 9.59 Å². The van der Waals surface area contributed by atoms with Crippen molar-refractivity contribution in [2.45, 2.75) is 18.9 Å². The Morgan fingerprint density at radius 1 is 1.50 bits per heavy atom. The molecule has 2 fully saturated rings. The number of carbonyl (C=O) groups excluding carboxylic acids is 2. The van der Waals surface area contributed by atoms with E-state index in [1.54, 1.807) is 20.2 Å². The van der Waals surface area contributed by atoms with Gasteiger partial charge in [-0.2, -0.15) is 0 Å². The predicted octanol–water partition coefficient (Wildman–Crippen LogP) is -0.487. The summed E-state index contributed by atoms with van der Waals surface area (Å²) in [6, 6.07) is 0.265. The van der Waals surface area contributed by atoms with Crippen LogP contribution in [0.15, 0.2) is 17.6 Å². The zero-order valence-electron chi connectivity index (χ0n) is 13.4. The van der Waals surface area contributed by atoms with E-state index in [-0.39, 0.29) is 24.4 Å². The lowest BCUT2D eigenvalue weighted by atomic mass is 10.1. The molecule has 0 radical (unpaired) electrons. The molecule has 0 aliphatic carbocycles. The van der Waals surface area contributed by atoms with Crippen molar-refractivity contribution in [1.29, 1.82) is 0 Å². The number of nitrogens with zero attached hydrogens (tertiary/aromatic N) is 4. The molecular formula is C15H25N5O2. The Morgan fingerprint density at radius 2 is 2.27 bits per heavy atom. The maximum absolute atomic E-state index is 11.7. The molecule has 122 valence electrons. The van der Waals surface area contributed by atoms with Crippen LogP contribution in [0.2, 0.25) is 0 Å². The summed E-state index contributed by atoms with van der Waals surface area (Å²) >= 11 is 0. The summed E-state index contributed by atoms with van der Waals surface area (Å²) in [6.45, 7) is 6.65. The van der Waals surface area contributed by atoms with Gasteiger partial charge in [-0.05, 0) is 6.42 Å². The van der Waals surface area contributed by atoms with E-state index in [0.29, 0.717) is 18.9 Å². The zero-order valence-corrected chi connectivity index (χ0v) is 13.4. The van der Waals surface area contributed by atoms with Crippen LogP contribution in [0.1, 0.15) is 12.8 Å². The predicted molar refractivity (Wildman–Crippen MR) is 85.5 cm³/mol. The summed E-state index contributed by atoms with van der Waals surface area (Å²) in [7, 11) is 3.44. The van der Waals surface area contributed by atoms with Crippen LogP contribution in [0, 0.1) is 0 Å². The number of fused-ring (bicyclic) bond motifs is 1. The van der Waals surface area contributed by atoms with Gasteiger partial charge in [-0.25, -0.2) is 4.99 Å². The minimum absolute atomic E-state index is 0.0346. The van der Waals surface area contributed by atoms with Crippen molar-refractivity contribution in [2.75, 3.05) is 46.8 Å². The van der Waals surface area contributed by atoms with E-state index in [1.807, 2.05) is 4.90 Å². The smallest absolute Gasteiger partial charge is 0.243 e. The molecule has 1 N–H and O–H groups in total. The molecule has 0 aromatic rings. The average molecular weight is 307 g/mol. The van der Waals surface area contributed by atoms with E-state index < -0.39 is 0 Å². The minimum Gasteiger partial charge on any atom is -0.353 e. The first-order valence-corrected chi connectivity index (χ1v) is 7.66. The third-order valence-corrected chi connectivity index (χ3v) is 4.06. The Labute approximate surface area is 131 Å². The second-order valence-corrected chi connectivity index (χ2v) is 5.82. The summed E-state index contributed by atoms with van der Waals surface area (Å²) < 4.78 is 0. The third-order valence-electron chi connectivity index (χ3n) is 4.06. The monoisotopic (exact) mass is 307 g/mol. The van der Waals surface area contributed by atoms with Crippen LogP contribution >= 0.6 is 0 Å². The van der Waals surface area contributed by atoms with E-state index in [4.69, 9.17) is 0 Å². The molecule has 1 unspecified atom stereocenters. The van der Waals surface area contributed by atoms with E-state index in [9.17, 15) is 9.59 Å². The maximum Gasteiger partial charge on any atom is 0.243 e. The molecule has 7 heteroatoms. The molecular weight excluding hydrogens is 282 g/mol. The normalized spacial score (nSPS) is 21.6. The van der Waals surface area contributed by atoms with Crippen molar-refractivity contribution in [3.05, 3.63) is 12.7 Å². The summed E-state index contributed by atoms with van der Waals surface area (Å²) in [5.41, 5.74) is 0. The second-order valence-electron chi connectivity index (χ2n) is 5.82. The van der Waals surface area contributed by atoms with Crippen molar-refractivity contribution in [1.82, 2.24) is 20.0 Å². The molecule has 2 saturated heterocycles. The SMILES string of the molecule is C=CCNC(=NCC(=O)N(C)C)N1CCN2C(=O)CCC2C1. The molecule has 0 bridgehead atoms. The van der Waals surface area contributed by atoms with E-state index in [2.05, 4.69) is 21.8 Å². The van der Waals surface area contributed by atoms with E-state index in [0.717, 1.165) is 26.1 Å². The van der Waals surface area contributed by atoms with Gasteiger partial charge in [0.1, 0.15) is 6.54 Å². The lowest BCUT2D eigenvalue weighted by molar-refractivity contribution is -0.130. The largest absolute Gasteiger partial charge is 0.353 e. The van der Waals surface area contributed by atoms with Crippen LogP contribution in [-0.4, -0.2) is 85.3 Å². The van der Waals surface area contributed by atoms with Gasteiger partial charge in [0, 0.05) is 52.7 Å². The third kappa shape index (κ3) is 3.78. The highest BCUT2D eigenvalue weighted by Gasteiger charge is 2.36. The highest BCUT2D eigenvalue weighted by molar-refractivity contribution is 5.85. The highest BCUT2D eigenvalue weighted by atomic mass is 16.2. The molecule has 0 aromatic heterocycles. The number of amides is 2. The number of hydrogen-bond acceptors (Lipinski definition) is 3. The molecule has 2 amide bonds. The van der Waals surface area contributed by atoms with Gasteiger partial charge >= 0.3 is 0 Å². The fourth-order valence-corrected chi connectivity index (χ4v) is 2.77. The lowest BCUT2D eigenvalue weighted by Gasteiger charge is -2.39. The number of rotatable bonds is 4. The number of nitrogens with one attached hydrogen (secondary N) is 1. The Kier molecular flexibility index (Phi) is 5.41. The van der Waals surface area contributed by atoms with Crippen LogP contribution in [0.5, 0.6) is 0 Å². The highest BCUT2D eigenvalue weighted by Crippen LogP contribution is 2.22.